The number of amides is 1. The molecule has 0 radical (unpaired) electrons. The number of carbonyl (C=O) groups excluding carboxylic acids is 2. The zero-order valence-electron chi connectivity index (χ0n) is 17.4. The third kappa shape index (κ3) is 5.70. The number of nitrogens with one attached hydrogen (secondary N) is 1. The van der Waals surface area contributed by atoms with Gasteiger partial charge < -0.3 is 14.2 Å². The summed E-state index contributed by atoms with van der Waals surface area (Å²) in [6.45, 7) is 1.94. The Morgan fingerprint density at radius 1 is 0.839 bits per heavy atom. The molecule has 0 fully saturated rings. The smallest absolute Gasteiger partial charge is 0.343 e. The first-order chi connectivity index (χ1) is 15.0. The van der Waals surface area contributed by atoms with Crippen molar-refractivity contribution in [2.75, 3.05) is 14.2 Å². The number of ether oxygens (including phenoxy) is 3. The number of carbonyl (C=O) groups is 2. The summed E-state index contributed by atoms with van der Waals surface area (Å²) in [5.74, 6) is 0.481. The Morgan fingerprint density at radius 2 is 1.52 bits per heavy atom. The highest BCUT2D eigenvalue weighted by Crippen LogP contribution is 2.28. The molecule has 0 aromatic heterocycles. The van der Waals surface area contributed by atoms with Crippen LogP contribution >= 0.6 is 0 Å². The minimum Gasteiger partial charge on any atom is -0.497 e. The second kappa shape index (κ2) is 10.1. The third-order valence-electron chi connectivity index (χ3n) is 4.41. The summed E-state index contributed by atoms with van der Waals surface area (Å²) in [5, 5.41) is 3.96. The molecule has 0 aliphatic rings. The van der Waals surface area contributed by atoms with E-state index in [9.17, 15) is 9.59 Å². The molecule has 0 unspecified atom stereocenters. The molecule has 1 amide bonds. The monoisotopic (exact) mass is 418 g/mol. The summed E-state index contributed by atoms with van der Waals surface area (Å²) < 4.78 is 15.8. The molecule has 0 aliphatic heterocycles. The molecule has 0 saturated heterocycles. The zero-order chi connectivity index (χ0) is 22.2. The second-order valence-electron chi connectivity index (χ2n) is 6.59. The summed E-state index contributed by atoms with van der Waals surface area (Å²) in [7, 11) is 3.04. The summed E-state index contributed by atoms with van der Waals surface area (Å²) in [4.78, 5) is 24.5. The molecule has 0 saturated carbocycles. The lowest BCUT2D eigenvalue weighted by Crippen LogP contribution is -2.17. The molecule has 3 aromatic carbocycles. The highest BCUT2D eigenvalue weighted by Gasteiger charge is 2.13. The molecular weight excluding hydrogens is 396 g/mol. The van der Waals surface area contributed by atoms with Crippen molar-refractivity contribution < 1.29 is 23.8 Å². The number of methoxy groups -OCH3 is 2. The quantitative estimate of drug-likeness (QED) is 0.271. The summed E-state index contributed by atoms with van der Waals surface area (Å²) in [5.41, 5.74) is 5.06. The van der Waals surface area contributed by atoms with Gasteiger partial charge in [0.1, 0.15) is 5.75 Å². The van der Waals surface area contributed by atoms with Crippen LogP contribution in [0.1, 0.15) is 31.8 Å². The number of esters is 1. The Morgan fingerprint density at radius 3 is 2.16 bits per heavy atom. The van der Waals surface area contributed by atoms with Crippen LogP contribution in [0.15, 0.2) is 71.8 Å². The Balaban J connectivity index is 1.65. The molecule has 3 aromatic rings. The fourth-order valence-electron chi connectivity index (χ4n) is 2.67. The molecule has 0 atom stereocenters. The highest BCUT2D eigenvalue weighted by molar-refractivity contribution is 5.95. The first-order valence-electron chi connectivity index (χ1n) is 9.44. The minimum atomic E-state index is -0.480. The fourth-order valence-corrected chi connectivity index (χ4v) is 2.67. The maximum absolute atomic E-state index is 12.3. The molecule has 3 rings (SSSR count). The van der Waals surface area contributed by atoms with E-state index in [1.54, 1.807) is 61.7 Å². The van der Waals surface area contributed by atoms with E-state index in [1.807, 2.05) is 19.1 Å². The summed E-state index contributed by atoms with van der Waals surface area (Å²) in [6.07, 6.45) is 1.47. The van der Waals surface area contributed by atoms with Crippen LogP contribution in [-0.2, 0) is 0 Å². The van der Waals surface area contributed by atoms with Gasteiger partial charge in [-0.25, -0.2) is 10.2 Å². The van der Waals surface area contributed by atoms with Crippen molar-refractivity contribution in [2.24, 2.45) is 5.10 Å². The van der Waals surface area contributed by atoms with Gasteiger partial charge in [-0.3, -0.25) is 4.79 Å². The lowest BCUT2D eigenvalue weighted by molar-refractivity contribution is 0.0729. The lowest BCUT2D eigenvalue weighted by atomic mass is 10.1. The van der Waals surface area contributed by atoms with Crippen molar-refractivity contribution in [3.63, 3.8) is 0 Å². The van der Waals surface area contributed by atoms with Gasteiger partial charge in [0.2, 0.25) is 0 Å². The Labute approximate surface area is 180 Å². The van der Waals surface area contributed by atoms with Crippen LogP contribution in [0.25, 0.3) is 0 Å². The van der Waals surface area contributed by atoms with Crippen LogP contribution in [-0.4, -0.2) is 32.3 Å². The number of hydrogen-bond acceptors (Lipinski definition) is 6. The first-order valence-corrected chi connectivity index (χ1v) is 9.44. The van der Waals surface area contributed by atoms with Gasteiger partial charge in [0, 0.05) is 5.56 Å². The van der Waals surface area contributed by atoms with E-state index in [4.69, 9.17) is 14.2 Å². The molecule has 0 aliphatic carbocycles. The second-order valence-corrected chi connectivity index (χ2v) is 6.59. The number of hydrazone groups is 1. The van der Waals surface area contributed by atoms with Crippen LogP contribution in [0, 0.1) is 6.92 Å². The Hall–Kier alpha value is -4.13. The van der Waals surface area contributed by atoms with Gasteiger partial charge in [-0.15, -0.1) is 0 Å². The predicted octanol–water partition coefficient (Wildman–Crippen LogP) is 4.00. The molecule has 7 heteroatoms. The van der Waals surface area contributed by atoms with E-state index >= 15 is 0 Å². The van der Waals surface area contributed by atoms with Crippen molar-refractivity contribution in [1.82, 2.24) is 5.43 Å². The fraction of sp³-hybridized carbons (Fsp3) is 0.125. The van der Waals surface area contributed by atoms with E-state index < -0.39 is 5.97 Å². The molecule has 158 valence electrons. The van der Waals surface area contributed by atoms with E-state index in [0.717, 1.165) is 5.56 Å². The average molecular weight is 418 g/mol. The van der Waals surface area contributed by atoms with Crippen molar-refractivity contribution in [3.8, 4) is 17.2 Å². The largest absolute Gasteiger partial charge is 0.497 e. The summed E-state index contributed by atoms with van der Waals surface area (Å²) >= 11 is 0. The van der Waals surface area contributed by atoms with E-state index in [1.165, 1.54) is 13.3 Å². The first kappa shape index (κ1) is 21.6. The number of nitrogens with zero attached hydrogens (tertiary/aromatic N) is 1. The van der Waals surface area contributed by atoms with E-state index in [0.29, 0.717) is 28.2 Å². The van der Waals surface area contributed by atoms with Crippen LogP contribution < -0.4 is 19.6 Å². The maximum atomic E-state index is 12.3. The molecule has 0 bridgehead atoms. The van der Waals surface area contributed by atoms with Gasteiger partial charge in [-0.05, 0) is 67.1 Å². The van der Waals surface area contributed by atoms with Crippen LogP contribution in [0.5, 0.6) is 17.2 Å². The molecule has 0 spiro atoms. The number of rotatable bonds is 7. The maximum Gasteiger partial charge on any atom is 0.343 e. The highest BCUT2D eigenvalue weighted by atomic mass is 16.6. The van der Waals surface area contributed by atoms with Crippen LogP contribution in [0.2, 0.25) is 0 Å². The van der Waals surface area contributed by atoms with Crippen molar-refractivity contribution in [2.45, 2.75) is 6.92 Å². The van der Waals surface area contributed by atoms with Crippen molar-refractivity contribution in [3.05, 3.63) is 89.0 Å². The van der Waals surface area contributed by atoms with Gasteiger partial charge >= 0.3 is 5.97 Å². The molecule has 1 N–H and O–H groups in total. The Kier molecular flexibility index (Phi) is 7.01. The topological polar surface area (TPSA) is 86.2 Å². The van der Waals surface area contributed by atoms with Gasteiger partial charge in [0.25, 0.3) is 5.91 Å². The van der Waals surface area contributed by atoms with Gasteiger partial charge in [-0.2, -0.15) is 5.10 Å². The third-order valence-corrected chi connectivity index (χ3v) is 4.41. The molecular formula is C24H22N2O5. The summed E-state index contributed by atoms with van der Waals surface area (Å²) in [6, 6.07) is 18.7. The number of hydrogen-bond donors (Lipinski definition) is 1. The number of benzene rings is 3. The predicted molar refractivity (Wildman–Crippen MR) is 117 cm³/mol. The van der Waals surface area contributed by atoms with Crippen molar-refractivity contribution in [1.29, 1.82) is 0 Å². The molecule has 31 heavy (non-hydrogen) atoms. The van der Waals surface area contributed by atoms with Crippen molar-refractivity contribution >= 4 is 18.1 Å². The van der Waals surface area contributed by atoms with Crippen LogP contribution in [0.4, 0.5) is 0 Å². The lowest BCUT2D eigenvalue weighted by Gasteiger charge is -2.10. The van der Waals surface area contributed by atoms with E-state index in [-0.39, 0.29) is 11.7 Å². The normalized spacial score (nSPS) is 10.5. The van der Waals surface area contributed by atoms with Gasteiger partial charge in [0.15, 0.2) is 11.5 Å². The minimum absolute atomic E-state index is 0.285. The zero-order valence-corrected chi connectivity index (χ0v) is 17.4. The Bertz CT molecular complexity index is 1090. The van der Waals surface area contributed by atoms with Crippen LogP contribution in [0.3, 0.4) is 0 Å². The van der Waals surface area contributed by atoms with E-state index in [2.05, 4.69) is 10.5 Å². The average Bonchev–Trinajstić information content (AvgIpc) is 2.80. The van der Waals surface area contributed by atoms with Gasteiger partial charge in [0.05, 0.1) is 26.0 Å². The molecule has 7 nitrogen and oxygen atoms in total. The van der Waals surface area contributed by atoms with Gasteiger partial charge in [-0.1, -0.05) is 17.7 Å². The molecule has 0 heterocycles. The number of aryl methyl sites for hydroxylation is 1. The standard InChI is InChI=1S/C24H22N2O5/c1-16-4-7-19(8-5-16)24(28)31-21-13-6-17(14-22(21)30-3)15-25-26-23(27)18-9-11-20(29-2)12-10-18/h4-15H,1-3H3,(H,26,27)/b25-15+. The SMILES string of the molecule is COc1ccc(C(=O)N/N=C/c2ccc(OC(=O)c3ccc(C)cc3)c(OC)c2)cc1.